The molecule has 0 bridgehead atoms. The van der Waals surface area contributed by atoms with E-state index in [0.717, 1.165) is 31.7 Å². The fraction of sp³-hybridized carbons (Fsp3) is 0.350. The number of amides is 2. The number of fused-ring (bicyclic) bond motifs is 1. The van der Waals surface area contributed by atoms with Gasteiger partial charge in [0.05, 0.1) is 0 Å². The van der Waals surface area contributed by atoms with Crippen LogP contribution in [-0.4, -0.2) is 59.8 Å². The molecule has 2 aromatic rings. The molecule has 3 heterocycles. The summed E-state index contributed by atoms with van der Waals surface area (Å²) in [5.41, 5.74) is 3.37. The molecule has 0 spiro atoms. The van der Waals surface area contributed by atoms with Crippen LogP contribution in [0.25, 0.3) is 0 Å². The first-order valence-electron chi connectivity index (χ1n) is 9.01. The Balaban J connectivity index is 1.49. The third-order valence-electron chi connectivity index (χ3n) is 5.20. The van der Waals surface area contributed by atoms with Gasteiger partial charge in [-0.2, -0.15) is 0 Å². The molecular weight excluding hydrogens is 328 g/mol. The van der Waals surface area contributed by atoms with Crippen LogP contribution in [0.4, 0.5) is 5.82 Å². The molecule has 0 radical (unpaired) electrons. The smallest absolute Gasteiger partial charge is 0.254 e. The molecule has 0 aliphatic carbocycles. The lowest BCUT2D eigenvalue weighted by atomic mass is 10.00. The van der Waals surface area contributed by atoms with Crippen LogP contribution in [-0.2, 0) is 17.8 Å². The number of hydrogen-bond donors (Lipinski definition) is 0. The van der Waals surface area contributed by atoms with Gasteiger partial charge in [0.1, 0.15) is 5.82 Å². The summed E-state index contributed by atoms with van der Waals surface area (Å²) in [4.78, 5) is 33.8. The predicted molar refractivity (Wildman–Crippen MR) is 99.0 cm³/mol. The molecule has 4 rings (SSSR count). The molecule has 2 aliphatic heterocycles. The lowest BCUT2D eigenvalue weighted by molar-refractivity contribution is -0.119. The van der Waals surface area contributed by atoms with Crippen molar-refractivity contribution in [2.75, 3.05) is 37.6 Å². The molecule has 0 N–H and O–H groups in total. The van der Waals surface area contributed by atoms with E-state index in [1.165, 1.54) is 11.1 Å². The van der Waals surface area contributed by atoms with Gasteiger partial charge >= 0.3 is 0 Å². The molecular formula is C20H22N4O2. The third kappa shape index (κ3) is 3.27. The van der Waals surface area contributed by atoms with E-state index >= 15 is 0 Å². The highest BCUT2D eigenvalue weighted by atomic mass is 16.2. The van der Waals surface area contributed by atoms with Gasteiger partial charge in [0, 0.05) is 51.0 Å². The summed E-state index contributed by atoms with van der Waals surface area (Å²) in [5.74, 6) is 0.855. The molecule has 1 aromatic carbocycles. The van der Waals surface area contributed by atoms with Crippen LogP contribution >= 0.6 is 0 Å². The van der Waals surface area contributed by atoms with Crippen LogP contribution in [0.15, 0.2) is 42.6 Å². The van der Waals surface area contributed by atoms with Crippen molar-refractivity contribution < 1.29 is 9.59 Å². The van der Waals surface area contributed by atoms with Crippen molar-refractivity contribution in [2.45, 2.75) is 13.0 Å². The van der Waals surface area contributed by atoms with Gasteiger partial charge in [-0.3, -0.25) is 9.59 Å². The zero-order valence-corrected chi connectivity index (χ0v) is 14.7. The van der Waals surface area contributed by atoms with Gasteiger partial charge in [0.2, 0.25) is 6.41 Å². The molecule has 6 heteroatoms. The van der Waals surface area contributed by atoms with Crippen molar-refractivity contribution in [1.82, 2.24) is 14.8 Å². The molecule has 1 fully saturated rings. The molecule has 2 aliphatic rings. The molecule has 0 saturated carbocycles. The van der Waals surface area contributed by atoms with E-state index < -0.39 is 0 Å². The van der Waals surface area contributed by atoms with Crippen molar-refractivity contribution in [3.63, 3.8) is 0 Å². The molecule has 134 valence electrons. The number of nitrogens with zero attached hydrogens (tertiary/aromatic N) is 4. The van der Waals surface area contributed by atoms with Gasteiger partial charge in [0.15, 0.2) is 0 Å². The van der Waals surface area contributed by atoms with Crippen molar-refractivity contribution >= 4 is 18.1 Å². The highest BCUT2D eigenvalue weighted by molar-refractivity contribution is 5.95. The van der Waals surface area contributed by atoms with Crippen LogP contribution in [0.1, 0.15) is 21.5 Å². The number of anilines is 1. The lowest BCUT2D eigenvalue weighted by Crippen LogP contribution is -2.48. The predicted octanol–water partition coefficient (Wildman–Crippen LogP) is 1.56. The molecule has 2 amide bonds. The van der Waals surface area contributed by atoms with Crippen LogP contribution in [0.2, 0.25) is 0 Å². The number of carbonyl (C=O) groups is 2. The number of pyridine rings is 1. The first-order valence-corrected chi connectivity index (χ1v) is 9.01. The van der Waals surface area contributed by atoms with Gasteiger partial charge in [-0.15, -0.1) is 0 Å². The normalized spacial score (nSPS) is 17.0. The average Bonchev–Trinajstić information content (AvgIpc) is 2.73. The number of aromatic nitrogens is 1. The summed E-state index contributed by atoms with van der Waals surface area (Å²) >= 11 is 0. The van der Waals surface area contributed by atoms with Gasteiger partial charge < -0.3 is 14.7 Å². The summed E-state index contributed by atoms with van der Waals surface area (Å²) in [6, 6.07) is 12.1. The number of hydrogen-bond acceptors (Lipinski definition) is 4. The molecule has 6 nitrogen and oxygen atoms in total. The van der Waals surface area contributed by atoms with Crippen molar-refractivity contribution in [3.8, 4) is 0 Å². The maximum atomic E-state index is 12.8. The Kier molecular flexibility index (Phi) is 4.56. The standard InChI is InChI=1S/C20H22N4O2/c25-15-22-9-11-23(12-10-22)20(26)17-5-7-21-19(13-17)24-8-6-16-3-1-2-4-18(16)14-24/h1-5,7,13,15H,6,8-12,14H2. The zero-order chi connectivity index (χ0) is 17.9. The quantitative estimate of drug-likeness (QED) is 0.789. The van der Waals surface area contributed by atoms with Crippen LogP contribution in [0.5, 0.6) is 0 Å². The largest absolute Gasteiger partial charge is 0.352 e. The lowest BCUT2D eigenvalue weighted by Gasteiger charge is -2.33. The SMILES string of the molecule is O=CN1CCN(C(=O)c2ccnc(N3CCc4ccccc4C3)c2)CC1. The third-order valence-corrected chi connectivity index (χ3v) is 5.20. The molecule has 1 saturated heterocycles. The Hall–Kier alpha value is -2.89. The van der Waals surface area contributed by atoms with Gasteiger partial charge in [0.25, 0.3) is 5.91 Å². The monoisotopic (exact) mass is 350 g/mol. The highest BCUT2D eigenvalue weighted by Gasteiger charge is 2.23. The summed E-state index contributed by atoms with van der Waals surface area (Å²) < 4.78 is 0. The fourth-order valence-corrected chi connectivity index (χ4v) is 3.63. The van der Waals surface area contributed by atoms with E-state index in [9.17, 15) is 9.59 Å². The second-order valence-corrected chi connectivity index (χ2v) is 6.78. The maximum absolute atomic E-state index is 12.8. The van der Waals surface area contributed by atoms with Gasteiger partial charge in [-0.05, 0) is 29.7 Å². The van der Waals surface area contributed by atoms with E-state index in [-0.39, 0.29) is 5.91 Å². The van der Waals surface area contributed by atoms with Crippen LogP contribution in [0.3, 0.4) is 0 Å². The summed E-state index contributed by atoms with van der Waals surface area (Å²) in [7, 11) is 0. The fourth-order valence-electron chi connectivity index (χ4n) is 3.63. The average molecular weight is 350 g/mol. The second-order valence-electron chi connectivity index (χ2n) is 6.78. The van der Waals surface area contributed by atoms with Crippen molar-refractivity contribution in [3.05, 3.63) is 59.3 Å². The van der Waals surface area contributed by atoms with E-state index in [1.54, 1.807) is 17.2 Å². The van der Waals surface area contributed by atoms with E-state index in [2.05, 4.69) is 34.1 Å². The minimum absolute atomic E-state index is 0.0107. The number of rotatable bonds is 3. The second kappa shape index (κ2) is 7.15. The Bertz CT molecular complexity index is 815. The van der Waals surface area contributed by atoms with E-state index in [4.69, 9.17) is 0 Å². The highest BCUT2D eigenvalue weighted by Crippen LogP contribution is 2.24. The minimum Gasteiger partial charge on any atom is -0.352 e. The molecule has 26 heavy (non-hydrogen) atoms. The molecule has 0 atom stereocenters. The van der Waals surface area contributed by atoms with E-state index in [1.807, 2.05) is 11.0 Å². The summed E-state index contributed by atoms with van der Waals surface area (Å²) in [5, 5.41) is 0. The number of benzene rings is 1. The Morgan fingerprint density at radius 1 is 1.00 bits per heavy atom. The summed E-state index contributed by atoms with van der Waals surface area (Å²) in [6.07, 6.45) is 3.55. The summed E-state index contributed by atoms with van der Waals surface area (Å²) in [6.45, 7) is 4.06. The molecule has 1 aromatic heterocycles. The minimum atomic E-state index is 0.0107. The molecule has 0 unspecified atom stereocenters. The van der Waals surface area contributed by atoms with Crippen LogP contribution in [0, 0.1) is 0 Å². The van der Waals surface area contributed by atoms with Gasteiger partial charge in [-0.25, -0.2) is 4.98 Å². The first kappa shape index (κ1) is 16.6. The first-order chi connectivity index (χ1) is 12.7. The Morgan fingerprint density at radius 3 is 2.54 bits per heavy atom. The van der Waals surface area contributed by atoms with Crippen LogP contribution < -0.4 is 4.90 Å². The maximum Gasteiger partial charge on any atom is 0.254 e. The van der Waals surface area contributed by atoms with Crippen molar-refractivity contribution in [1.29, 1.82) is 0 Å². The van der Waals surface area contributed by atoms with Crippen molar-refractivity contribution in [2.24, 2.45) is 0 Å². The number of carbonyl (C=O) groups excluding carboxylic acids is 2. The topological polar surface area (TPSA) is 56.8 Å². The van der Waals surface area contributed by atoms with E-state index in [0.29, 0.717) is 31.7 Å². The zero-order valence-electron chi connectivity index (χ0n) is 14.7. The van der Waals surface area contributed by atoms with Gasteiger partial charge in [-0.1, -0.05) is 24.3 Å². The Morgan fingerprint density at radius 2 is 1.77 bits per heavy atom. The Labute approximate surface area is 153 Å². The number of piperazine rings is 1.